The van der Waals surface area contributed by atoms with Crippen LogP contribution in [-0.4, -0.2) is 45.5 Å². The Hall–Kier alpha value is -2.49. The van der Waals surface area contributed by atoms with Gasteiger partial charge < -0.3 is 14.9 Å². The molecule has 0 fully saturated rings. The molecule has 0 spiro atoms. The van der Waals surface area contributed by atoms with E-state index in [4.69, 9.17) is 0 Å². The number of nitrogens with zero attached hydrogens (tertiary/aromatic N) is 2. The normalized spacial score (nSPS) is 13.5. The van der Waals surface area contributed by atoms with Crippen LogP contribution < -0.4 is 0 Å². The van der Waals surface area contributed by atoms with E-state index in [1.54, 1.807) is 36.8 Å². The van der Waals surface area contributed by atoms with E-state index in [1.165, 1.54) is 13.2 Å². The van der Waals surface area contributed by atoms with Gasteiger partial charge in [-0.15, -0.1) is 0 Å². The minimum absolute atomic E-state index is 0.224. The number of carbonyl (C=O) groups excluding carboxylic acids is 1. The second kappa shape index (κ2) is 11.1. The molecule has 1 aromatic rings. The Bertz CT molecular complexity index is 588. The molecule has 0 unspecified atom stereocenters. The van der Waals surface area contributed by atoms with Crippen molar-refractivity contribution >= 4 is 5.97 Å². The molecule has 2 atom stereocenters. The van der Waals surface area contributed by atoms with Gasteiger partial charge >= 0.3 is 5.97 Å². The molecular formula is C17H20N2O4. The van der Waals surface area contributed by atoms with Crippen LogP contribution in [0.25, 0.3) is 0 Å². The lowest BCUT2D eigenvalue weighted by atomic mass is 10.1. The second-order valence-corrected chi connectivity index (χ2v) is 4.63. The highest BCUT2D eigenvalue weighted by Crippen LogP contribution is 2.07. The lowest BCUT2D eigenvalue weighted by Crippen LogP contribution is -2.23. The Morgan fingerprint density at radius 1 is 1.39 bits per heavy atom. The molecule has 1 aromatic heterocycles. The van der Waals surface area contributed by atoms with Crippen molar-refractivity contribution in [3.63, 3.8) is 0 Å². The van der Waals surface area contributed by atoms with Crippen molar-refractivity contribution in [3.05, 3.63) is 48.6 Å². The maximum Gasteiger partial charge on any atom is 0.305 e. The number of methoxy groups -OCH3 is 1. The fraction of sp³-hybridized carbons (Fsp3) is 0.353. The summed E-state index contributed by atoms with van der Waals surface area (Å²) >= 11 is 0. The zero-order valence-corrected chi connectivity index (χ0v) is 12.9. The SMILES string of the molecule is COC(=O)CCC[C@H](O)[C@H](O)/C=C/C=C/C#Cc1cnccn1. The zero-order valence-electron chi connectivity index (χ0n) is 12.9. The van der Waals surface area contributed by atoms with E-state index >= 15 is 0 Å². The molecule has 0 aliphatic carbocycles. The Labute approximate surface area is 135 Å². The first-order valence-corrected chi connectivity index (χ1v) is 7.17. The molecule has 23 heavy (non-hydrogen) atoms. The molecule has 0 saturated carbocycles. The van der Waals surface area contributed by atoms with Crippen LogP contribution in [0.1, 0.15) is 25.0 Å². The smallest absolute Gasteiger partial charge is 0.305 e. The Kier molecular flexibility index (Phi) is 8.98. The number of rotatable bonds is 7. The quantitative estimate of drug-likeness (QED) is 0.443. The van der Waals surface area contributed by atoms with E-state index in [0.717, 1.165) is 0 Å². The molecule has 0 aliphatic rings. The van der Waals surface area contributed by atoms with Gasteiger partial charge in [0.25, 0.3) is 0 Å². The van der Waals surface area contributed by atoms with Crippen molar-refractivity contribution in [1.29, 1.82) is 0 Å². The first-order valence-electron chi connectivity index (χ1n) is 7.17. The zero-order chi connectivity index (χ0) is 16.9. The van der Waals surface area contributed by atoms with Crippen molar-refractivity contribution in [2.75, 3.05) is 7.11 Å². The molecule has 1 rings (SSSR count). The van der Waals surface area contributed by atoms with Gasteiger partial charge in [0.05, 0.1) is 25.5 Å². The summed E-state index contributed by atoms with van der Waals surface area (Å²) in [7, 11) is 1.32. The summed E-state index contributed by atoms with van der Waals surface area (Å²) in [5.74, 6) is 5.25. The number of aromatic nitrogens is 2. The van der Waals surface area contributed by atoms with Crippen molar-refractivity contribution in [2.45, 2.75) is 31.5 Å². The van der Waals surface area contributed by atoms with Gasteiger partial charge in [-0.05, 0) is 24.8 Å². The highest BCUT2D eigenvalue weighted by atomic mass is 16.5. The van der Waals surface area contributed by atoms with Gasteiger partial charge in [0.15, 0.2) is 0 Å². The second-order valence-electron chi connectivity index (χ2n) is 4.63. The molecule has 0 saturated heterocycles. The van der Waals surface area contributed by atoms with Gasteiger partial charge in [-0.3, -0.25) is 9.78 Å². The number of ether oxygens (including phenoxy) is 1. The van der Waals surface area contributed by atoms with Gasteiger partial charge in [0, 0.05) is 18.8 Å². The van der Waals surface area contributed by atoms with Gasteiger partial charge in [0.2, 0.25) is 0 Å². The third-order valence-electron chi connectivity index (χ3n) is 2.87. The lowest BCUT2D eigenvalue weighted by Gasteiger charge is -2.13. The molecule has 2 N–H and O–H groups in total. The molecule has 0 bridgehead atoms. The molecule has 1 heterocycles. The highest BCUT2D eigenvalue weighted by Gasteiger charge is 2.13. The first kappa shape index (κ1) is 18.6. The van der Waals surface area contributed by atoms with Crippen LogP contribution in [0.2, 0.25) is 0 Å². The maximum absolute atomic E-state index is 10.9. The average molecular weight is 316 g/mol. The number of allylic oxidation sites excluding steroid dienone is 3. The topological polar surface area (TPSA) is 92.5 Å². The van der Waals surface area contributed by atoms with Gasteiger partial charge in [-0.25, -0.2) is 4.98 Å². The van der Waals surface area contributed by atoms with E-state index in [2.05, 4.69) is 26.5 Å². The molecule has 0 aromatic carbocycles. The summed E-state index contributed by atoms with van der Waals surface area (Å²) in [5.41, 5.74) is 0.571. The minimum atomic E-state index is -0.995. The molecule has 0 radical (unpaired) electrons. The van der Waals surface area contributed by atoms with Crippen LogP contribution in [0.15, 0.2) is 42.9 Å². The van der Waals surface area contributed by atoms with Crippen molar-refractivity contribution in [3.8, 4) is 11.8 Å². The number of hydrogen-bond acceptors (Lipinski definition) is 6. The monoisotopic (exact) mass is 316 g/mol. The highest BCUT2D eigenvalue weighted by molar-refractivity contribution is 5.68. The van der Waals surface area contributed by atoms with E-state index < -0.39 is 12.2 Å². The van der Waals surface area contributed by atoms with E-state index in [0.29, 0.717) is 18.5 Å². The largest absolute Gasteiger partial charge is 0.469 e. The summed E-state index contributed by atoms with van der Waals surface area (Å²) in [6.07, 6.45) is 10.1. The summed E-state index contributed by atoms with van der Waals surface area (Å²) in [5, 5.41) is 19.5. The first-order chi connectivity index (χ1) is 11.1. The van der Waals surface area contributed by atoms with Crippen LogP contribution in [0.3, 0.4) is 0 Å². The van der Waals surface area contributed by atoms with Crippen LogP contribution >= 0.6 is 0 Å². The predicted octanol–water partition coefficient (Wildman–Crippen LogP) is 1.01. The van der Waals surface area contributed by atoms with Crippen LogP contribution in [-0.2, 0) is 9.53 Å². The van der Waals surface area contributed by atoms with Crippen molar-refractivity contribution in [1.82, 2.24) is 9.97 Å². The van der Waals surface area contributed by atoms with E-state index in [1.807, 2.05) is 0 Å². The van der Waals surface area contributed by atoms with Crippen molar-refractivity contribution in [2.24, 2.45) is 0 Å². The van der Waals surface area contributed by atoms with Gasteiger partial charge in [0.1, 0.15) is 5.69 Å². The van der Waals surface area contributed by atoms with E-state index in [9.17, 15) is 15.0 Å². The third kappa shape index (κ3) is 8.51. The molecule has 0 amide bonds. The summed E-state index contributed by atoms with van der Waals surface area (Å²) < 4.78 is 4.50. The fourth-order valence-corrected chi connectivity index (χ4v) is 1.62. The summed E-state index contributed by atoms with van der Waals surface area (Å²) in [6.45, 7) is 0. The number of carbonyl (C=O) groups is 1. The Morgan fingerprint density at radius 3 is 2.91 bits per heavy atom. The van der Waals surface area contributed by atoms with Crippen molar-refractivity contribution < 1.29 is 19.7 Å². The third-order valence-corrected chi connectivity index (χ3v) is 2.87. The Balaban J connectivity index is 2.31. The Morgan fingerprint density at radius 2 is 2.22 bits per heavy atom. The standard InChI is InChI=1S/C17H20N2O4/c1-23-17(22)10-6-9-16(21)15(20)8-5-3-2-4-7-14-13-18-11-12-19-14/h2-3,5,8,11-13,15-16,20-21H,6,9-10H2,1H3/b3-2+,8-5+/t15-,16+/m1/s1. The lowest BCUT2D eigenvalue weighted by molar-refractivity contribution is -0.140. The predicted molar refractivity (Wildman–Crippen MR) is 85.1 cm³/mol. The van der Waals surface area contributed by atoms with Crippen LogP contribution in [0.4, 0.5) is 0 Å². The average Bonchev–Trinajstić information content (AvgIpc) is 2.58. The van der Waals surface area contributed by atoms with Crippen LogP contribution in [0, 0.1) is 11.8 Å². The summed E-state index contributed by atoms with van der Waals surface area (Å²) in [4.78, 5) is 18.8. The van der Waals surface area contributed by atoms with Crippen LogP contribution in [0.5, 0.6) is 0 Å². The molecule has 0 aliphatic heterocycles. The van der Waals surface area contributed by atoms with E-state index in [-0.39, 0.29) is 12.4 Å². The number of aliphatic hydroxyl groups is 2. The molecule has 6 heteroatoms. The number of aliphatic hydroxyl groups excluding tert-OH is 2. The number of hydrogen-bond donors (Lipinski definition) is 2. The minimum Gasteiger partial charge on any atom is -0.469 e. The summed E-state index contributed by atoms with van der Waals surface area (Å²) in [6, 6.07) is 0. The van der Waals surface area contributed by atoms with Gasteiger partial charge in [-0.2, -0.15) is 0 Å². The number of esters is 1. The fourth-order valence-electron chi connectivity index (χ4n) is 1.62. The molecular weight excluding hydrogens is 296 g/mol. The van der Waals surface area contributed by atoms with Gasteiger partial charge in [-0.1, -0.05) is 24.1 Å². The molecule has 122 valence electrons. The maximum atomic E-state index is 10.9. The molecule has 6 nitrogen and oxygen atoms in total.